The third kappa shape index (κ3) is 4.93. The van der Waals surface area contributed by atoms with Gasteiger partial charge in [0.15, 0.2) is 0 Å². The number of halogens is 2. The van der Waals surface area contributed by atoms with Gasteiger partial charge in [0.25, 0.3) is 0 Å². The van der Waals surface area contributed by atoms with E-state index in [1.54, 1.807) is 13.3 Å². The molecule has 0 amide bonds. The minimum atomic E-state index is 0.116. The molecule has 0 aromatic carbocycles. The van der Waals surface area contributed by atoms with E-state index < -0.39 is 0 Å². The van der Waals surface area contributed by atoms with Crippen molar-refractivity contribution in [2.24, 2.45) is 5.73 Å². The summed E-state index contributed by atoms with van der Waals surface area (Å²) in [5.74, 6) is 0.812. The van der Waals surface area contributed by atoms with Crippen LogP contribution in [0.15, 0.2) is 18.3 Å². The zero-order valence-corrected chi connectivity index (χ0v) is 15.7. The second-order valence-corrected chi connectivity index (χ2v) is 9.17. The van der Waals surface area contributed by atoms with E-state index >= 15 is 0 Å². The fraction of sp³-hybridized carbons (Fsp3) is 0.571. The molecule has 0 spiro atoms. The van der Waals surface area contributed by atoms with Gasteiger partial charge in [-0.3, -0.25) is 4.98 Å². The molecule has 1 aliphatic carbocycles. The summed E-state index contributed by atoms with van der Waals surface area (Å²) in [5.41, 5.74) is 7.22. The van der Waals surface area contributed by atoms with Gasteiger partial charge in [-0.2, -0.15) is 0 Å². The fourth-order valence-corrected chi connectivity index (χ4v) is 2.61. The normalized spacial score (nSPS) is 17.2. The maximum Gasteiger partial charge on any atom is 0.137 e. The molecule has 2 rings (SSSR count). The van der Waals surface area contributed by atoms with Crippen LogP contribution in [0.25, 0.3) is 0 Å². The van der Waals surface area contributed by atoms with Crippen LogP contribution in [-0.4, -0.2) is 23.2 Å². The van der Waals surface area contributed by atoms with Crippen LogP contribution in [0.5, 0.6) is 5.75 Å². The zero-order chi connectivity index (χ0) is 14.1. The molecule has 1 aromatic rings. The van der Waals surface area contributed by atoms with Crippen molar-refractivity contribution in [2.75, 3.05) is 13.7 Å². The molecule has 1 heterocycles. The molecule has 1 aliphatic rings. The number of nitrogens with zero attached hydrogens (tertiary/aromatic N) is 1. The quantitative estimate of drug-likeness (QED) is 0.656. The lowest BCUT2D eigenvalue weighted by Gasteiger charge is -2.35. The van der Waals surface area contributed by atoms with Crippen LogP contribution >= 0.6 is 35.4 Å². The average molecular weight is 488 g/mol. The van der Waals surface area contributed by atoms with Crippen LogP contribution in [0, 0.1) is 0 Å². The molecule has 3 nitrogen and oxygen atoms in total. The third-order valence-electron chi connectivity index (χ3n) is 3.72. The Balaban J connectivity index is 0.000000550. The van der Waals surface area contributed by atoms with Crippen LogP contribution in [-0.2, 0) is 5.41 Å². The topological polar surface area (TPSA) is 48.1 Å². The van der Waals surface area contributed by atoms with Gasteiger partial charge in [0.1, 0.15) is 5.75 Å². The molecule has 0 radical (unpaired) electrons. The standard InChI is InChI=1S/C13H20N2O.CH2I2/c1-16-11-5-6-12(15-9-11)13(10-14)7-3-2-4-8-13;1-3-2/h5-6,9H,2-4,7-8,10,14H2,1H3;1H2. The Bertz CT molecular complexity index is 376. The highest BCUT2D eigenvalue weighted by Gasteiger charge is 2.33. The Morgan fingerprint density at radius 2 is 2.05 bits per heavy atom. The Labute approximate surface area is 135 Å². The van der Waals surface area contributed by atoms with Crippen molar-refractivity contribution in [3.63, 3.8) is 0 Å². The third-order valence-corrected chi connectivity index (χ3v) is 3.72. The van der Waals surface area contributed by atoms with Gasteiger partial charge >= 0.3 is 0 Å². The van der Waals surface area contributed by atoms with E-state index in [2.05, 4.69) is 34.2 Å². The van der Waals surface area contributed by atoms with Gasteiger partial charge in [0, 0.05) is 17.7 Å². The Hall–Kier alpha value is 0.240. The lowest BCUT2D eigenvalue weighted by atomic mass is 9.71. The van der Waals surface area contributed by atoms with E-state index in [-0.39, 0.29) is 5.41 Å². The predicted molar refractivity (Wildman–Crippen MR) is 99.8 cm³/mol. The first-order valence-electron chi connectivity index (χ1n) is 6.42. The highest BCUT2D eigenvalue weighted by Crippen LogP contribution is 2.37. The summed E-state index contributed by atoms with van der Waals surface area (Å²) in [4.78, 5) is 4.51. The minimum absolute atomic E-state index is 0.116. The van der Waals surface area contributed by atoms with Crippen LogP contribution in [0.4, 0.5) is 0 Å². The zero-order valence-electron chi connectivity index (χ0n) is 11.4. The Kier molecular flexibility index (Phi) is 8.40. The molecule has 2 N–H and O–H groups in total. The van der Waals surface area contributed by atoms with Crippen molar-refractivity contribution in [1.29, 1.82) is 0 Å². The van der Waals surface area contributed by atoms with Crippen LogP contribution < -0.4 is 10.5 Å². The van der Waals surface area contributed by atoms with Gasteiger partial charge in [0.2, 0.25) is 0 Å². The number of nitrogens with two attached hydrogens (primary N) is 1. The highest BCUT2D eigenvalue weighted by molar-refractivity contribution is 15.0. The minimum Gasteiger partial charge on any atom is -0.495 e. The summed E-state index contributed by atoms with van der Waals surface area (Å²) in [6, 6.07) is 4.05. The Morgan fingerprint density at radius 1 is 1.42 bits per heavy atom. The Morgan fingerprint density at radius 3 is 2.47 bits per heavy atom. The van der Waals surface area contributed by atoms with Gasteiger partial charge in [0.05, 0.1) is 13.3 Å². The van der Waals surface area contributed by atoms with Crippen molar-refractivity contribution < 1.29 is 4.74 Å². The number of hydrogen-bond donors (Lipinski definition) is 1. The largest absolute Gasteiger partial charge is 0.495 e. The fourth-order valence-electron chi connectivity index (χ4n) is 2.61. The SMILES string of the molecule is C=II.COc1ccc(C2(CN)CCCCC2)nc1. The summed E-state index contributed by atoms with van der Waals surface area (Å²) in [6.07, 6.45) is 8.00. The summed E-state index contributed by atoms with van der Waals surface area (Å²) in [7, 11) is 1.66. The number of ether oxygens (including phenoxy) is 1. The molecule has 0 atom stereocenters. The molecular formula is C14H22I2N2O. The first-order chi connectivity index (χ1) is 9.22. The van der Waals surface area contributed by atoms with Crippen molar-refractivity contribution in [1.82, 2.24) is 4.98 Å². The van der Waals surface area contributed by atoms with Crippen LogP contribution in [0.3, 0.4) is 0 Å². The van der Waals surface area contributed by atoms with Crippen molar-refractivity contribution in [2.45, 2.75) is 37.5 Å². The van der Waals surface area contributed by atoms with Crippen molar-refractivity contribution in [3.8, 4) is 5.75 Å². The maximum absolute atomic E-state index is 5.97. The summed E-state index contributed by atoms with van der Waals surface area (Å²) >= 11 is 2.60. The van der Waals surface area contributed by atoms with E-state index in [1.807, 2.05) is 6.07 Å². The molecule has 1 fully saturated rings. The van der Waals surface area contributed by atoms with E-state index in [9.17, 15) is 0 Å². The van der Waals surface area contributed by atoms with E-state index in [0.29, 0.717) is 23.3 Å². The van der Waals surface area contributed by atoms with Gasteiger partial charge < -0.3 is 10.5 Å². The number of hydrogen-bond acceptors (Lipinski definition) is 3. The summed E-state index contributed by atoms with van der Waals surface area (Å²) in [5, 5.41) is 0. The predicted octanol–water partition coefficient (Wildman–Crippen LogP) is 3.99. The molecule has 0 aliphatic heterocycles. The molecule has 1 aromatic heterocycles. The van der Waals surface area contributed by atoms with Gasteiger partial charge in [-0.15, -0.1) is 0 Å². The molecule has 108 valence electrons. The van der Waals surface area contributed by atoms with Gasteiger partial charge in [-0.1, -0.05) is 40.5 Å². The smallest absolute Gasteiger partial charge is 0.137 e. The first kappa shape index (κ1) is 17.3. The number of pyridine rings is 1. The van der Waals surface area contributed by atoms with Crippen LogP contribution in [0.1, 0.15) is 37.8 Å². The number of methoxy groups -OCH3 is 1. The lowest BCUT2D eigenvalue weighted by molar-refractivity contribution is 0.293. The summed E-state index contributed by atoms with van der Waals surface area (Å²) in [6.45, 7) is 0.701. The lowest BCUT2D eigenvalue weighted by Crippen LogP contribution is -2.37. The van der Waals surface area contributed by atoms with E-state index in [0.717, 1.165) is 11.4 Å². The molecule has 0 saturated heterocycles. The molecule has 19 heavy (non-hydrogen) atoms. The van der Waals surface area contributed by atoms with Crippen LogP contribution in [0.2, 0.25) is 0 Å². The van der Waals surface area contributed by atoms with Crippen molar-refractivity contribution >= 4 is 39.9 Å². The molecule has 1 saturated carbocycles. The van der Waals surface area contributed by atoms with Crippen molar-refractivity contribution in [3.05, 3.63) is 24.0 Å². The molecule has 0 bridgehead atoms. The van der Waals surface area contributed by atoms with E-state index in [1.165, 1.54) is 32.1 Å². The molecule has 0 unspecified atom stereocenters. The molecule has 5 heteroatoms. The van der Waals surface area contributed by atoms with E-state index in [4.69, 9.17) is 10.5 Å². The highest BCUT2D eigenvalue weighted by atomic mass is 128. The summed E-state index contributed by atoms with van der Waals surface area (Å²) < 4.78 is 8.71. The second kappa shape index (κ2) is 9.23. The number of rotatable bonds is 3. The van der Waals surface area contributed by atoms with Gasteiger partial charge in [-0.05, 0) is 43.6 Å². The number of aromatic nitrogens is 1. The first-order valence-corrected chi connectivity index (χ1v) is 14.2. The van der Waals surface area contributed by atoms with Gasteiger partial charge in [-0.25, -0.2) is 0 Å². The molecular weight excluding hydrogens is 466 g/mol. The monoisotopic (exact) mass is 488 g/mol. The second-order valence-electron chi connectivity index (χ2n) is 4.73. The maximum atomic E-state index is 5.97. The average Bonchev–Trinajstić information content (AvgIpc) is 2.49.